The summed E-state index contributed by atoms with van der Waals surface area (Å²) in [6.07, 6.45) is 0.592. The summed E-state index contributed by atoms with van der Waals surface area (Å²) in [5.41, 5.74) is 5.78. The molecule has 0 saturated heterocycles. The average molecular weight is 431 g/mol. The van der Waals surface area contributed by atoms with Crippen LogP contribution in [0.25, 0.3) is 10.9 Å². The second-order valence-corrected chi connectivity index (χ2v) is 8.30. The molecule has 0 saturated carbocycles. The van der Waals surface area contributed by atoms with Gasteiger partial charge in [-0.05, 0) is 31.5 Å². The molecule has 0 spiro atoms. The van der Waals surface area contributed by atoms with Crippen molar-refractivity contribution in [3.8, 4) is 0 Å². The van der Waals surface area contributed by atoms with Crippen LogP contribution >= 0.6 is 12.4 Å². The van der Waals surface area contributed by atoms with Crippen LogP contribution in [0.2, 0.25) is 0 Å². The van der Waals surface area contributed by atoms with Crippen LogP contribution < -0.4 is 16.6 Å². The molecular weight excluding hydrogens is 404 g/mol. The third kappa shape index (κ3) is 5.32. The van der Waals surface area contributed by atoms with E-state index in [0.717, 1.165) is 0 Å². The highest BCUT2D eigenvalue weighted by Gasteiger charge is 2.23. The molecule has 1 amide bonds. The van der Waals surface area contributed by atoms with Crippen LogP contribution in [-0.2, 0) is 10.0 Å². The van der Waals surface area contributed by atoms with Crippen LogP contribution in [-0.4, -0.2) is 49.3 Å². The molecule has 0 fully saturated rings. The molecular formula is C18H27ClN4O4S. The van der Waals surface area contributed by atoms with Crippen molar-refractivity contribution in [1.29, 1.82) is 0 Å². The smallest absolute Gasteiger partial charge is 0.252 e. The summed E-state index contributed by atoms with van der Waals surface area (Å²) in [7, 11) is -3.68. The van der Waals surface area contributed by atoms with Crippen LogP contribution in [0.4, 0.5) is 0 Å². The summed E-state index contributed by atoms with van der Waals surface area (Å²) >= 11 is 0. The van der Waals surface area contributed by atoms with Gasteiger partial charge in [0.05, 0.1) is 10.5 Å². The van der Waals surface area contributed by atoms with Gasteiger partial charge in [-0.15, -0.1) is 12.4 Å². The van der Waals surface area contributed by atoms with Crippen LogP contribution in [0.1, 0.15) is 37.6 Å². The molecule has 0 aliphatic rings. The number of nitrogens with zero attached hydrogens (tertiary/aromatic N) is 1. The number of nitrogens with one attached hydrogen (secondary N) is 2. The Bertz CT molecular complexity index is 985. The van der Waals surface area contributed by atoms with Gasteiger partial charge in [0.1, 0.15) is 0 Å². The number of aromatic nitrogens is 1. The number of pyridine rings is 1. The van der Waals surface area contributed by atoms with E-state index in [0.29, 0.717) is 37.0 Å². The molecule has 0 radical (unpaired) electrons. The predicted octanol–water partition coefficient (Wildman–Crippen LogP) is 1.45. The summed E-state index contributed by atoms with van der Waals surface area (Å²) in [5, 5.41) is 3.10. The second-order valence-electron chi connectivity index (χ2n) is 6.37. The summed E-state index contributed by atoms with van der Waals surface area (Å²) in [5.74, 6) is -0.441. The van der Waals surface area contributed by atoms with E-state index in [9.17, 15) is 18.0 Å². The summed E-state index contributed by atoms with van der Waals surface area (Å²) < 4.78 is 26.9. The van der Waals surface area contributed by atoms with Gasteiger partial charge in [0.2, 0.25) is 15.6 Å². The lowest BCUT2D eigenvalue weighted by atomic mass is 10.1. The number of carbonyl (C=O) groups excluding carboxylic acids is 1. The number of H-pyrrole nitrogens is 1. The number of sulfonamides is 1. The Morgan fingerprint density at radius 1 is 1.25 bits per heavy atom. The van der Waals surface area contributed by atoms with Crippen molar-refractivity contribution in [2.75, 3.05) is 19.6 Å². The molecule has 1 aromatic heterocycles. The van der Waals surface area contributed by atoms with Crippen LogP contribution in [0, 0.1) is 0 Å². The SMILES string of the molecule is CCN(CC)S(=O)(=O)c1ccc2[nH]c(=O)cc(C(=O)NCCC(C)N)c2c1.Cl. The lowest BCUT2D eigenvalue weighted by Gasteiger charge is -2.19. The van der Waals surface area contributed by atoms with E-state index in [1.54, 1.807) is 13.8 Å². The fourth-order valence-electron chi connectivity index (χ4n) is 2.80. The highest BCUT2D eigenvalue weighted by atomic mass is 35.5. The van der Waals surface area contributed by atoms with E-state index in [1.807, 2.05) is 6.92 Å². The topological polar surface area (TPSA) is 125 Å². The van der Waals surface area contributed by atoms with Crippen molar-refractivity contribution in [3.05, 3.63) is 40.2 Å². The maximum atomic E-state index is 12.8. The molecule has 4 N–H and O–H groups in total. The maximum absolute atomic E-state index is 12.8. The third-order valence-corrected chi connectivity index (χ3v) is 6.33. The Morgan fingerprint density at radius 2 is 1.89 bits per heavy atom. The van der Waals surface area contributed by atoms with E-state index >= 15 is 0 Å². The summed E-state index contributed by atoms with van der Waals surface area (Å²) in [6.45, 7) is 6.40. The third-order valence-electron chi connectivity index (χ3n) is 4.29. The minimum Gasteiger partial charge on any atom is -0.352 e. The van der Waals surface area contributed by atoms with Gasteiger partial charge in [0.15, 0.2) is 0 Å². The largest absolute Gasteiger partial charge is 0.352 e. The van der Waals surface area contributed by atoms with Crippen molar-refractivity contribution >= 4 is 39.2 Å². The lowest BCUT2D eigenvalue weighted by molar-refractivity contribution is 0.0954. The molecule has 156 valence electrons. The van der Waals surface area contributed by atoms with Gasteiger partial charge in [-0.25, -0.2) is 8.42 Å². The van der Waals surface area contributed by atoms with E-state index in [4.69, 9.17) is 5.73 Å². The van der Waals surface area contributed by atoms with Gasteiger partial charge in [0, 0.05) is 42.6 Å². The van der Waals surface area contributed by atoms with E-state index in [1.165, 1.54) is 28.6 Å². The maximum Gasteiger partial charge on any atom is 0.252 e. The second kappa shape index (κ2) is 10.0. The normalized spacial score (nSPS) is 12.6. The lowest BCUT2D eigenvalue weighted by Crippen LogP contribution is -2.31. The number of hydrogen-bond donors (Lipinski definition) is 3. The van der Waals surface area contributed by atoms with Crippen LogP contribution in [0.5, 0.6) is 0 Å². The molecule has 10 heteroatoms. The first-order valence-electron chi connectivity index (χ1n) is 8.91. The number of amides is 1. The fraction of sp³-hybridized carbons (Fsp3) is 0.444. The Morgan fingerprint density at radius 3 is 2.46 bits per heavy atom. The van der Waals surface area contributed by atoms with E-state index < -0.39 is 21.5 Å². The first kappa shape index (κ1) is 24.1. The number of carbonyl (C=O) groups is 1. The van der Waals surface area contributed by atoms with Gasteiger partial charge in [-0.1, -0.05) is 13.8 Å². The summed E-state index contributed by atoms with van der Waals surface area (Å²) in [4.78, 5) is 27.1. The number of halogens is 1. The van der Waals surface area contributed by atoms with Gasteiger partial charge >= 0.3 is 0 Å². The molecule has 1 unspecified atom stereocenters. The van der Waals surface area contributed by atoms with Crippen molar-refractivity contribution in [3.63, 3.8) is 0 Å². The first-order valence-corrected chi connectivity index (χ1v) is 10.4. The van der Waals surface area contributed by atoms with Crippen molar-refractivity contribution in [2.24, 2.45) is 5.73 Å². The number of hydrogen-bond acceptors (Lipinski definition) is 5. The molecule has 0 bridgehead atoms. The Balaban J connectivity index is 0.00000392. The van der Waals surface area contributed by atoms with Crippen molar-refractivity contribution in [2.45, 2.75) is 38.1 Å². The fourth-order valence-corrected chi connectivity index (χ4v) is 4.29. The molecule has 0 aliphatic heterocycles. The van der Waals surface area contributed by atoms with Gasteiger partial charge in [-0.3, -0.25) is 9.59 Å². The first-order chi connectivity index (χ1) is 12.7. The number of fused-ring (bicyclic) bond motifs is 1. The quantitative estimate of drug-likeness (QED) is 0.584. The van der Waals surface area contributed by atoms with E-state index in [2.05, 4.69) is 10.3 Å². The van der Waals surface area contributed by atoms with Crippen molar-refractivity contribution in [1.82, 2.24) is 14.6 Å². The van der Waals surface area contributed by atoms with Crippen LogP contribution in [0.3, 0.4) is 0 Å². The molecule has 1 atom stereocenters. The Hall–Kier alpha value is -1.94. The Kier molecular flexibility index (Phi) is 8.62. The monoisotopic (exact) mass is 430 g/mol. The standard InChI is InChI=1S/C18H26N4O4S.ClH/c1-4-22(5-2)27(25,26)13-6-7-16-14(10-13)15(11-17(23)21-16)18(24)20-9-8-12(3)19;/h6-7,10-12H,4-5,8-9,19H2,1-3H3,(H,20,24)(H,21,23);1H. The Labute approximate surface area is 171 Å². The van der Waals surface area contributed by atoms with Gasteiger partial charge in [0.25, 0.3) is 5.91 Å². The predicted molar refractivity (Wildman–Crippen MR) is 113 cm³/mol. The van der Waals surface area contributed by atoms with Crippen molar-refractivity contribution < 1.29 is 13.2 Å². The average Bonchev–Trinajstić information content (AvgIpc) is 2.60. The minimum atomic E-state index is -3.68. The zero-order valence-corrected chi connectivity index (χ0v) is 17.8. The van der Waals surface area contributed by atoms with Crippen LogP contribution in [0.15, 0.2) is 34.0 Å². The highest BCUT2D eigenvalue weighted by Crippen LogP contribution is 2.22. The molecule has 2 aromatic rings. The highest BCUT2D eigenvalue weighted by molar-refractivity contribution is 7.89. The number of nitrogens with two attached hydrogens (primary N) is 1. The molecule has 28 heavy (non-hydrogen) atoms. The molecule has 1 aromatic carbocycles. The zero-order valence-electron chi connectivity index (χ0n) is 16.2. The van der Waals surface area contributed by atoms with Gasteiger partial charge in [-0.2, -0.15) is 4.31 Å². The number of aromatic amines is 1. The van der Waals surface area contributed by atoms with E-state index in [-0.39, 0.29) is 28.9 Å². The summed E-state index contributed by atoms with van der Waals surface area (Å²) in [6, 6.07) is 5.49. The zero-order chi connectivity index (χ0) is 20.2. The molecule has 8 nitrogen and oxygen atoms in total. The minimum absolute atomic E-state index is 0. The molecule has 0 aliphatic carbocycles. The number of benzene rings is 1. The molecule has 1 heterocycles. The molecule has 2 rings (SSSR count). The number of rotatable bonds is 8. The van der Waals surface area contributed by atoms with Gasteiger partial charge < -0.3 is 16.0 Å².